The third-order valence-electron chi connectivity index (χ3n) is 6.11. The molecule has 1 aromatic rings. The normalized spacial score (nSPS) is 19.1. The summed E-state index contributed by atoms with van der Waals surface area (Å²) in [6.07, 6.45) is 14.5. The van der Waals surface area contributed by atoms with E-state index in [1.165, 1.54) is 87.6 Å². The molecule has 29 heavy (non-hydrogen) atoms. The Hall–Kier alpha value is 0.100. The largest absolute Gasteiger partial charge is 0.377 e. The van der Waals surface area contributed by atoms with Gasteiger partial charge in [0.15, 0.2) is 0 Å². The molecule has 0 radical (unpaired) electrons. The summed E-state index contributed by atoms with van der Waals surface area (Å²) in [4.78, 5) is 4.75. The van der Waals surface area contributed by atoms with E-state index < -0.39 is 0 Å². The Morgan fingerprint density at radius 3 is 2.59 bits per heavy atom. The second-order valence-corrected chi connectivity index (χ2v) is 12.4. The highest BCUT2D eigenvalue weighted by Gasteiger charge is 2.25. The minimum atomic E-state index is 0.479. The number of hydrogen-bond donors (Lipinski definition) is 0. The number of alkyl halides is 1. The average Bonchev–Trinajstić information content (AvgIpc) is 3.27. The van der Waals surface area contributed by atoms with Crippen LogP contribution in [-0.2, 0) is 11.3 Å². The van der Waals surface area contributed by atoms with Crippen molar-refractivity contribution in [3.05, 3.63) is 21.9 Å². The molecular weight excluding hydrogens is 442 g/mol. The second kappa shape index (κ2) is 13.5. The highest BCUT2D eigenvalue weighted by atomic mass is 79.9. The maximum absolute atomic E-state index is 6.01. The van der Waals surface area contributed by atoms with E-state index in [4.69, 9.17) is 4.74 Å². The van der Waals surface area contributed by atoms with Crippen molar-refractivity contribution >= 4 is 27.3 Å². The van der Waals surface area contributed by atoms with Gasteiger partial charge >= 0.3 is 0 Å². The van der Waals surface area contributed by atoms with E-state index in [9.17, 15) is 0 Å². The van der Waals surface area contributed by atoms with Crippen molar-refractivity contribution in [3.8, 4) is 0 Å². The lowest BCUT2D eigenvalue weighted by Crippen LogP contribution is -2.17. The minimum absolute atomic E-state index is 0.479. The molecule has 1 unspecified atom stereocenters. The number of ether oxygens (including phenoxy) is 1. The monoisotopic (exact) mass is 485 g/mol. The van der Waals surface area contributed by atoms with E-state index in [1.54, 1.807) is 0 Å². The molecule has 0 N–H and O–H groups in total. The fraction of sp³-hybridized carbons (Fsp3) is 0.840. The van der Waals surface area contributed by atoms with Gasteiger partial charge in [-0.25, -0.2) is 0 Å². The van der Waals surface area contributed by atoms with E-state index >= 15 is 0 Å². The van der Waals surface area contributed by atoms with Gasteiger partial charge in [-0.05, 0) is 74.5 Å². The summed E-state index contributed by atoms with van der Waals surface area (Å²) in [6.45, 7) is 9.96. The topological polar surface area (TPSA) is 12.5 Å². The van der Waals surface area contributed by atoms with Gasteiger partial charge in [0, 0.05) is 22.4 Å². The van der Waals surface area contributed by atoms with Gasteiger partial charge in [0.1, 0.15) is 0 Å². The maximum Gasteiger partial charge on any atom is 0.0728 e. The van der Waals surface area contributed by atoms with Gasteiger partial charge in [-0.2, -0.15) is 0 Å². The lowest BCUT2D eigenvalue weighted by atomic mass is 9.89. The predicted molar refractivity (Wildman–Crippen MR) is 132 cm³/mol. The van der Waals surface area contributed by atoms with Crippen LogP contribution in [-0.4, -0.2) is 29.9 Å². The Kier molecular flexibility index (Phi) is 11.8. The van der Waals surface area contributed by atoms with Crippen LogP contribution in [0, 0.1) is 5.41 Å². The van der Waals surface area contributed by atoms with Crippen LogP contribution in [0.25, 0.3) is 0 Å². The third kappa shape index (κ3) is 10.3. The molecule has 2 heterocycles. The fourth-order valence-corrected chi connectivity index (χ4v) is 6.04. The maximum atomic E-state index is 6.01. The first-order valence-corrected chi connectivity index (χ1v) is 13.6. The Labute approximate surface area is 192 Å². The molecule has 1 fully saturated rings. The van der Waals surface area contributed by atoms with E-state index in [0.29, 0.717) is 16.3 Å². The first kappa shape index (κ1) is 25.4. The molecule has 0 aromatic carbocycles. The fourth-order valence-electron chi connectivity index (χ4n) is 4.28. The number of unbranched alkanes of at least 4 members (excludes halogenated alkanes) is 4. The van der Waals surface area contributed by atoms with E-state index in [0.717, 1.165) is 13.2 Å². The molecule has 168 valence electrons. The van der Waals surface area contributed by atoms with Gasteiger partial charge in [0.2, 0.25) is 0 Å². The quantitative estimate of drug-likeness (QED) is 0.193. The molecule has 1 saturated heterocycles. The zero-order chi connectivity index (χ0) is 21.1. The molecule has 1 aromatic heterocycles. The highest BCUT2D eigenvalue weighted by molar-refractivity contribution is 9.09. The first-order valence-electron chi connectivity index (χ1n) is 11.8. The Bertz CT molecular complexity index is 553. The molecule has 0 aliphatic carbocycles. The molecule has 2 atom stereocenters. The van der Waals surface area contributed by atoms with E-state index in [2.05, 4.69) is 60.1 Å². The van der Waals surface area contributed by atoms with Crippen LogP contribution in [0.15, 0.2) is 11.4 Å². The van der Waals surface area contributed by atoms with Gasteiger partial charge in [0.25, 0.3) is 0 Å². The summed E-state index contributed by atoms with van der Waals surface area (Å²) in [5.41, 5.74) is 1.90. The van der Waals surface area contributed by atoms with Crippen LogP contribution in [0.1, 0.15) is 108 Å². The number of rotatable bonds is 14. The van der Waals surface area contributed by atoms with Crippen LogP contribution >= 0.6 is 27.3 Å². The van der Waals surface area contributed by atoms with Crippen molar-refractivity contribution < 1.29 is 4.74 Å². The van der Waals surface area contributed by atoms with Crippen molar-refractivity contribution in [1.29, 1.82) is 0 Å². The summed E-state index contributed by atoms with van der Waals surface area (Å²) in [5, 5.41) is 2.24. The summed E-state index contributed by atoms with van der Waals surface area (Å²) < 4.78 is 6.01. The minimum Gasteiger partial charge on any atom is -0.377 e. The summed E-state index contributed by atoms with van der Waals surface area (Å²) in [7, 11) is 2.26. The molecule has 1 aliphatic heterocycles. The van der Waals surface area contributed by atoms with Crippen LogP contribution in [0.3, 0.4) is 0 Å². The summed E-state index contributed by atoms with van der Waals surface area (Å²) >= 11 is 5.79. The third-order valence-corrected chi connectivity index (χ3v) is 8.09. The Morgan fingerprint density at radius 2 is 1.86 bits per heavy atom. The molecular formula is C25H44BrNOS. The van der Waals surface area contributed by atoms with Crippen molar-refractivity contribution in [2.75, 3.05) is 20.2 Å². The van der Waals surface area contributed by atoms with Crippen molar-refractivity contribution in [2.45, 2.75) is 109 Å². The Balaban J connectivity index is 1.45. The number of nitrogens with zero attached hydrogens (tertiary/aromatic N) is 1. The SMILES string of the molecule is CN1CCC[C@H]1c1sccc1COCCCCCCCC(Br)CCCC(C)(C)C. The molecule has 0 amide bonds. The second-order valence-electron chi connectivity index (χ2n) is 10.1. The number of thiophene rings is 1. The van der Waals surface area contributed by atoms with E-state index in [1.807, 2.05) is 11.3 Å². The van der Waals surface area contributed by atoms with Crippen LogP contribution in [0.5, 0.6) is 0 Å². The molecule has 0 saturated carbocycles. The molecule has 0 spiro atoms. The van der Waals surface area contributed by atoms with Crippen molar-refractivity contribution in [3.63, 3.8) is 0 Å². The van der Waals surface area contributed by atoms with Gasteiger partial charge < -0.3 is 4.74 Å². The van der Waals surface area contributed by atoms with Crippen LogP contribution < -0.4 is 0 Å². The first-order chi connectivity index (χ1) is 13.9. The highest BCUT2D eigenvalue weighted by Crippen LogP contribution is 2.36. The molecule has 2 nitrogen and oxygen atoms in total. The predicted octanol–water partition coefficient (Wildman–Crippen LogP) is 8.35. The van der Waals surface area contributed by atoms with Gasteiger partial charge in [0.05, 0.1) is 6.61 Å². The standard InChI is InChI=1S/C25H44BrNOS/c1-25(2,3)16-10-13-22(26)12-8-6-5-7-9-18-28-20-21-15-19-29-24(21)23-14-11-17-27(23)4/h15,19,22-23H,5-14,16-18,20H2,1-4H3/t22?,23-/m0/s1. The van der Waals surface area contributed by atoms with Crippen LogP contribution in [0.2, 0.25) is 0 Å². The lowest BCUT2D eigenvalue weighted by molar-refractivity contribution is 0.115. The number of hydrogen-bond acceptors (Lipinski definition) is 3. The van der Waals surface area contributed by atoms with Crippen LogP contribution in [0.4, 0.5) is 0 Å². The summed E-state index contributed by atoms with van der Waals surface area (Å²) in [5.74, 6) is 0. The zero-order valence-corrected chi connectivity index (χ0v) is 21.8. The average molecular weight is 487 g/mol. The lowest BCUT2D eigenvalue weighted by Gasteiger charge is -2.19. The molecule has 0 bridgehead atoms. The Morgan fingerprint density at radius 1 is 1.14 bits per heavy atom. The number of likely N-dealkylation sites (tertiary alicyclic amines) is 1. The van der Waals surface area contributed by atoms with Crippen molar-refractivity contribution in [1.82, 2.24) is 4.90 Å². The van der Waals surface area contributed by atoms with Gasteiger partial charge in [-0.3, -0.25) is 4.90 Å². The number of halogens is 1. The molecule has 2 rings (SSSR count). The van der Waals surface area contributed by atoms with Crippen molar-refractivity contribution in [2.24, 2.45) is 5.41 Å². The summed E-state index contributed by atoms with van der Waals surface area (Å²) in [6, 6.07) is 2.89. The zero-order valence-electron chi connectivity index (χ0n) is 19.4. The smallest absolute Gasteiger partial charge is 0.0728 e. The van der Waals surface area contributed by atoms with Gasteiger partial charge in [-0.1, -0.05) is 68.8 Å². The van der Waals surface area contributed by atoms with E-state index in [-0.39, 0.29) is 0 Å². The molecule has 1 aliphatic rings. The molecule has 4 heteroatoms. The van der Waals surface area contributed by atoms with Gasteiger partial charge in [-0.15, -0.1) is 11.3 Å².